The smallest absolute Gasteiger partial charge is 0.190 e. The summed E-state index contributed by atoms with van der Waals surface area (Å²) in [5.41, 5.74) is 1.29. The molecule has 6 rings (SSSR count). The topological polar surface area (TPSA) is 99.6 Å². The number of imidazole rings is 1. The fraction of sp³-hybridized carbons (Fsp3) is 0.364. The highest BCUT2D eigenvalue weighted by molar-refractivity contribution is 5.47. The molecule has 4 heterocycles. The molecule has 2 aliphatic rings. The Labute approximate surface area is 186 Å². The van der Waals surface area contributed by atoms with E-state index in [-0.39, 0.29) is 25.6 Å². The Morgan fingerprint density at radius 1 is 1.27 bits per heavy atom. The van der Waals surface area contributed by atoms with Crippen molar-refractivity contribution in [1.82, 2.24) is 29.4 Å². The van der Waals surface area contributed by atoms with Crippen molar-refractivity contribution in [2.75, 3.05) is 19.8 Å². The quantitative estimate of drug-likeness (QED) is 0.458. The largest absolute Gasteiger partial charge is 0.487 e. The molecule has 1 N–H and O–H groups in total. The molecule has 2 fully saturated rings. The summed E-state index contributed by atoms with van der Waals surface area (Å²) in [7, 11) is 0. The highest BCUT2D eigenvalue weighted by atomic mass is 19.1. The molecule has 1 aliphatic heterocycles. The minimum Gasteiger partial charge on any atom is -0.487 e. The van der Waals surface area contributed by atoms with Gasteiger partial charge >= 0.3 is 0 Å². The van der Waals surface area contributed by atoms with Gasteiger partial charge in [0.05, 0.1) is 60.7 Å². The van der Waals surface area contributed by atoms with Crippen molar-refractivity contribution >= 4 is 5.52 Å². The second-order valence-electron chi connectivity index (χ2n) is 8.53. The Morgan fingerprint density at radius 2 is 2.12 bits per heavy atom. The maximum absolute atomic E-state index is 14.5. The van der Waals surface area contributed by atoms with Gasteiger partial charge < -0.3 is 14.6 Å². The van der Waals surface area contributed by atoms with Crippen LogP contribution >= 0.6 is 0 Å². The molecule has 0 amide bonds. The normalized spacial score (nSPS) is 18.3. The minimum atomic E-state index is -1.58. The van der Waals surface area contributed by atoms with Gasteiger partial charge in [0.1, 0.15) is 18.4 Å². The van der Waals surface area contributed by atoms with E-state index in [0.29, 0.717) is 23.0 Å². The van der Waals surface area contributed by atoms with Crippen molar-refractivity contribution in [1.29, 1.82) is 0 Å². The summed E-state index contributed by atoms with van der Waals surface area (Å²) in [6, 6.07) is 4.21. The molecular weight excluding hydrogens is 434 g/mol. The monoisotopic (exact) mass is 454 g/mol. The van der Waals surface area contributed by atoms with Crippen molar-refractivity contribution in [3.8, 4) is 11.4 Å². The molecule has 11 heteroatoms. The Hall–Kier alpha value is -3.44. The van der Waals surface area contributed by atoms with Crippen molar-refractivity contribution in [3.05, 3.63) is 66.0 Å². The van der Waals surface area contributed by atoms with Gasteiger partial charge in [-0.25, -0.2) is 18.4 Å². The van der Waals surface area contributed by atoms with Crippen LogP contribution in [-0.2, 0) is 4.74 Å². The highest BCUT2D eigenvalue weighted by Gasteiger charge is 2.40. The summed E-state index contributed by atoms with van der Waals surface area (Å²) in [5.74, 6) is -0.416. The third-order valence-corrected chi connectivity index (χ3v) is 5.93. The van der Waals surface area contributed by atoms with Crippen molar-refractivity contribution < 1.29 is 23.4 Å². The summed E-state index contributed by atoms with van der Waals surface area (Å²) in [6.45, 7) is -0.386. The van der Waals surface area contributed by atoms with Crippen LogP contribution in [0.5, 0.6) is 5.75 Å². The number of benzene rings is 1. The number of hydrogen-bond acceptors (Lipinski definition) is 7. The van der Waals surface area contributed by atoms with Crippen LogP contribution in [0, 0.1) is 5.82 Å². The van der Waals surface area contributed by atoms with Crippen LogP contribution in [0.3, 0.4) is 0 Å². The molecule has 1 aromatic carbocycles. The lowest BCUT2D eigenvalue weighted by Gasteiger charge is -2.33. The second kappa shape index (κ2) is 7.56. The average molecular weight is 454 g/mol. The molecular formula is C22H20F2N6O3. The zero-order valence-electron chi connectivity index (χ0n) is 17.4. The molecule has 1 saturated heterocycles. The average Bonchev–Trinajstić information content (AvgIpc) is 3.31. The first kappa shape index (κ1) is 20.2. The first-order valence-corrected chi connectivity index (χ1v) is 10.6. The Balaban J connectivity index is 1.26. The number of nitrogens with zero attached hydrogens (tertiary/aromatic N) is 6. The number of fused-ring (bicyclic) bond motifs is 1. The SMILES string of the molecule is OC(c1cn(-c2ccc(OCC3(F)COC3)c(F)c2)nn1)c1c(C2CC2)ncc2cncn12. The minimum absolute atomic E-state index is 0.0540. The summed E-state index contributed by atoms with van der Waals surface area (Å²) in [5, 5.41) is 19.3. The molecule has 4 aromatic rings. The maximum atomic E-state index is 14.5. The third-order valence-electron chi connectivity index (χ3n) is 5.93. The Morgan fingerprint density at radius 3 is 2.85 bits per heavy atom. The predicted octanol–water partition coefficient (Wildman–Crippen LogP) is 2.53. The molecule has 0 spiro atoms. The summed E-state index contributed by atoms with van der Waals surface area (Å²) < 4.78 is 41.8. The van der Waals surface area contributed by atoms with Crippen LogP contribution in [0.15, 0.2) is 43.1 Å². The second-order valence-corrected chi connectivity index (χ2v) is 8.53. The fourth-order valence-electron chi connectivity index (χ4n) is 3.90. The molecule has 1 atom stereocenters. The van der Waals surface area contributed by atoms with Gasteiger partial charge in [0.25, 0.3) is 0 Å². The molecule has 3 aromatic heterocycles. The number of hydrogen-bond donors (Lipinski definition) is 1. The van der Waals surface area contributed by atoms with E-state index in [0.717, 1.165) is 24.1 Å². The number of halogens is 2. The molecule has 0 radical (unpaired) electrons. The molecule has 1 saturated carbocycles. The van der Waals surface area contributed by atoms with Crippen LogP contribution in [0.25, 0.3) is 11.2 Å². The lowest BCUT2D eigenvalue weighted by Crippen LogP contribution is -2.50. The number of aliphatic hydroxyl groups excluding tert-OH is 1. The van der Waals surface area contributed by atoms with Crippen LogP contribution < -0.4 is 4.74 Å². The summed E-state index contributed by atoms with van der Waals surface area (Å²) >= 11 is 0. The molecule has 9 nitrogen and oxygen atoms in total. The maximum Gasteiger partial charge on any atom is 0.190 e. The van der Waals surface area contributed by atoms with E-state index in [1.54, 1.807) is 29.2 Å². The van der Waals surface area contributed by atoms with Gasteiger partial charge in [-0.3, -0.25) is 9.38 Å². The third kappa shape index (κ3) is 3.62. The van der Waals surface area contributed by atoms with Gasteiger partial charge in [-0.05, 0) is 25.0 Å². The van der Waals surface area contributed by atoms with E-state index in [2.05, 4.69) is 20.3 Å². The van der Waals surface area contributed by atoms with Gasteiger partial charge in [-0.1, -0.05) is 5.21 Å². The van der Waals surface area contributed by atoms with Crippen LogP contribution in [0.4, 0.5) is 8.78 Å². The zero-order valence-corrected chi connectivity index (χ0v) is 17.4. The zero-order chi connectivity index (χ0) is 22.6. The van der Waals surface area contributed by atoms with Gasteiger partial charge in [0, 0.05) is 12.0 Å². The van der Waals surface area contributed by atoms with Gasteiger partial charge in [0.2, 0.25) is 0 Å². The highest BCUT2D eigenvalue weighted by Crippen LogP contribution is 2.42. The summed E-state index contributed by atoms with van der Waals surface area (Å²) in [4.78, 5) is 8.70. The first-order chi connectivity index (χ1) is 16.0. The fourth-order valence-corrected chi connectivity index (χ4v) is 3.90. The molecule has 33 heavy (non-hydrogen) atoms. The van der Waals surface area contributed by atoms with Gasteiger partial charge in [0.15, 0.2) is 17.2 Å². The van der Waals surface area contributed by atoms with E-state index < -0.39 is 17.6 Å². The lowest BCUT2D eigenvalue weighted by atomic mass is 10.1. The molecule has 1 aliphatic carbocycles. The van der Waals surface area contributed by atoms with Gasteiger partial charge in [-0.15, -0.1) is 5.10 Å². The number of ether oxygens (including phenoxy) is 2. The number of aliphatic hydroxyl groups is 1. The van der Waals surface area contributed by atoms with Gasteiger partial charge in [-0.2, -0.15) is 0 Å². The van der Waals surface area contributed by atoms with Crippen molar-refractivity contribution in [2.45, 2.75) is 30.5 Å². The number of aromatic nitrogens is 6. The molecule has 170 valence electrons. The van der Waals surface area contributed by atoms with E-state index in [1.807, 2.05) is 0 Å². The summed E-state index contributed by atoms with van der Waals surface area (Å²) in [6.07, 6.45) is 7.53. The number of alkyl halides is 1. The Kier molecular flexibility index (Phi) is 4.63. The van der Waals surface area contributed by atoms with Crippen LogP contribution in [0.2, 0.25) is 0 Å². The first-order valence-electron chi connectivity index (χ1n) is 10.6. The van der Waals surface area contributed by atoms with E-state index in [4.69, 9.17) is 9.47 Å². The van der Waals surface area contributed by atoms with E-state index in [9.17, 15) is 13.9 Å². The van der Waals surface area contributed by atoms with E-state index in [1.165, 1.54) is 23.0 Å². The van der Waals surface area contributed by atoms with E-state index >= 15 is 0 Å². The lowest BCUT2D eigenvalue weighted by molar-refractivity contribution is -0.146. The van der Waals surface area contributed by atoms with Crippen molar-refractivity contribution in [3.63, 3.8) is 0 Å². The van der Waals surface area contributed by atoms with Crippen LogP contribution in [0.1, 0.15) is 41.9 Å². The predicted molar refractivity (Wildman–Crippen MR) is 110 cm³/mol. The number of rotatable bonds is 7. The van der Waals surface area contributed by atoms with Crippen molar-refractivity contribution in [2.24, 2.45) is 0 Å². The Bertz CT molecular complexity index is 1330. The molecule has 1 unspecified atom stereocenters. The van der Waals surface area contributed by atoms with Crippen LogP contribution in [-0.4, -0.2) is 60.0 Å². The standard InChI is InChI=1S/C22H20F2N6O3/c23-16-5-14(3-4-18(16)33-11-22(24)9-32-10-22)30-8-17(27-28-30)21(31)20-19(13-1-2-13)26-7-15-6-25-12-29(15)20/h3-8,12-13,21,31H,1-2,9-11H2. The molecule has 0 bridgehead atoms.